The zero-order valence-electron chi connectivity index (χ0n) is 18.7. The number of aliphatic hydroxyl groups is 2. The van der Waals surface area contributed by atoms with Crippen molar-refractivity contribution in [3.63, 3.8) is 0 Å². The predicted octanol–water partition coefficient (Wildman–Crippen LogP) is 3.13. The minimum atomic E-state index is -1.63. The summed E-state index contributed by atoms with van der Waals surface area (Å²) in [7, 11) is 1.41. The zero-order chi connectivity index (χ0) is 25.7. The SMILES string of the molecule is COc1cc(C2Oc3cc([C@H]4Oc5cc(O)cc(O)c5C(=O)[C@@H]4O)ccc3OC2CO)cc(Br)c1O. The maximum Gasteiger partial charge on any atom is 0.202 e. The standard InChI is InChI=1S/C25H21BrO10/c1-33-18-6-11(4-13(26)21(18)30)24-19(9-27)34-15-3-2-10(5-16(15)35-24)25-23(32)22(31)20-14(29)7-12(28)8-17(20)36-25/h2-8,19,23-25,27-30,32H,9H2,1H3/t19?,23-,24?,25+/m0/s1. The monoisotopic (exact) mass is 560 g/mol. The topological polar surface area (TPSA) is 155 Å². The highest BCUT2D eigenvalue weighted by molar-refractivity contribution is 9.10. The predicted molar refractivity (Wildman–Crippen MR) is 127 cm³/mol. The third-order valence-corrected chi connectivity index (χ3v) is 6.67. The smallest absolute Gasteiger partial charge is 0.202 e. The van der Waals surface area contributed by atoms with E-state index in [9.17, 15) is 30.3 Å². The van der Waals surface area contributed by atoms with Crippen molar-refractivity contribution >= 4 is 21.7 Å². The molecule has 3 aromatic carbocycles. The number of carbonyl (C=O) groups is 1. The van der Waals surface area contributed by atoms with Gasteiger partial charge in [-0.1, -0.05) is 6.07 Å². The van der Waals surface area contributed by atoms with Gasteiger partial charge in [-0.25, -0.2) is 0 Å². The Balaban J connectivity index is 1.51. The van der Waals surface area contributed by atoms with Gasteiger partial charge in [0.25, 0.3) is 0 Å². The van der Waals surface area contributed by atoms with Crippen molar-refractivity contribution in [2.24, 2.45) is 0 Å². The van der Waals surface area contributed by atoms with Gasteiger partial charge in [-0.2, -0.15) is 0 Å². The minimum absolute atomic E-state index is 0.0676. The van der Waals surface area contributed by atoms with Crippen LogP contribution in [0.3, 0.4) is 0 Å². The van der Waals surface area contributed by atoms with Crippen molar-refractivity contribution in [3.05, 3.63) is 63.6 Å². The van der Waals surface area contributed by atoms with E-state index >= 15 is 0 Å². The Hall–Kier alpha value is -3.67. The molecule has 0 radical (unpaired) electrons. The summed E-state index contributed by atoms with van der Waals surface area (Å²) in [4.78, 5) is 12.8. The second-order valence-electron chi connectivity index (χ2n) is 8.32. The first-order chi connectivity index (χ1) is 17.2. The number of ketones is 1. The molecule has 0 aliphatic carbocycles. The number of aromatic hydroxyl groups is 3. The Bertz CT molecular complexity index is 1360. The molecule has 2 aliphatic heterocycles. The van der Waals surface area contributed by atoms with Crippen LogP contribution in [0.2, 0.25) is 0 Å². The van der Waals surface area contributed by atoms with Gasteiger partial charge >= 0.3 is 0 Å². The summed E-state index contributed by atoms with van der Waals surface area (Å²) in [6.07, 6.45) is -4.36. The van der Waals surface area contributed by atoms with Gasteiger partial charge in [0, 0.05) is 17.7 Å². The van der Waals surface area contributed by atoms with Crippen molar-refractivity contribution in [3.8, 4) is 40.2 Å². The molecular weight excluding hydrogens is 540 g/mol. The highest BCUT2D eigenvalue weighted by atomic mass is 79.9. The van der Waals surface area contributed by atoms with Gasteiger partial charge in [0.15, 0.2) is 47.4 Å². The molecule has 11 heteroatoms. The Morgan fingerprint density at radius 2 is 1.67 bits per heavy atom. The summed E-state index contributed by atoms with van der Waals surface area (Å²) >= 11 is 3.28. The average Bonchev–Trinajstić information content (AvgIpc) is 2.86. The number of methoxy groups -OCH3 is 1. The summed E-state index contributed by atoms with van der Waals surface area (Å²) in [6, 6.07) is 10.0. The molecule has 0 fully saturated rings. The van der Waals surface area contributed by atoms with E-state index in [0.717, 1.165) is 6.07 Å². The highest BCUT2D eigenvalue weighted by Crippen LogP contribution is 2.46. The fourth-order valence-corrected chi connectivity index (χ4v) is 4.78. The molecule has 0 saturated heterocycles. The van der Waals surface area contributed by atoms with Crippen LogP contribution in [0.1, 0.15) is 33.7 Å². The number of benzene rings is 3. The fourth-order valence-electron chi connectivity index (χ4n) is 4.32. The summed E-state index contributed by atoms with van der Waals surface area (Å²) in [5.74, 6) is -0.930. The number of phenols is 3. The van der Waals surface area contributed by atoms with Gasteiger partial charge in [-0.05, 0) is 45.8 Å². The first-order valence-corrected chi connectivity index (χ1v) is 11.6. The van der Waals surface area contributed by atoms with Crippen LogP contribution in [0, 0.1) is 0 Å². The molecule has 3 aromatic rings. The van der Waals surface area contributed by atoms with E-state index in [2.05, 4.69) is 15.9 Å². The van der Waals surface area contributed by atoms with E-state index < -0.39 is 35.9 Å². The van der Waals surface area contributed by atoms with Crippen LogP contribution in [0.15, 0.2) is 46.9 Å². The van der Waals surface area contributed by atoms with Crippen molar-refractivity contribution < 1.29 is 49.3 Å². The number of carbonyl (C=O) groups excluding carboxylic acids is 1. The number of phenolic OH excluding ortho intramolecular Hbond substituents is 3. The minimum Gasteiger partial charge on any atom is -0.508 e. The third kappa shape index (κ3) is 3.94. The number of hydrogen-bond acceptors (Lipinski definition) is 10. The number of aliphatic hydroxyl groups excluding tert-OH is 2. The maximum atomic E-state index is 12.8. The number of ether oxygens (including phenoxy) is 4. The number of hydrogen-bond donors (Lipinski definition) is 5. The second-order valence-corrected chi connectivity index (χ2v) is 9.18. The van der Waals surface area contributed by atoms with Crippen LogP contribution in [-0.2, 0) is 0 Å². The van der Waals surface area contributed by atoms with Gasteiger partial charge in [-0.15, -0.1) is 0 Å². The molecule has 5 rings (SSSR count). The Morgan fingerprint density at radius 1 is 0.917 bits per heavy atom. The maximum absolute atomic E-state index is 12.8. The van der Waals surface area contributed by atoms with Gasteiger partial charge < -0.3 is 44.5 Å². The van der Waals surface area contributed by atoms with Gasteiger partial charge in [0.05, 0.1) is 18.2 Å². The largest absolute Gasteiger partial charge is 0.508 e. The Morgan fingerprint density at radius 3 is 2.39 bits per heavy atom. The zero-order valence-corrected chi connectivity index (χ0v) is 20.3. The molecule has 188 valence electrons. The molecule has 0 amide bonds. The molecule has 0 spiro atoms. The van der Waals surface area contributed by atoms with Crippen molar-refractivity contribution in [2.75, 3.05) is 13.7 Å². The lowest BCUT2D eigenvalue weighted by Gasteiger charge is -2.35. The van der Waals surface area contributed by atoms with E-state index in [4.69, 9.17) is 18.9 Å². The number of halogens is 1. The second kappa shape index (κ2) is 9.08. The van der Waals surface area contributed by atoms with Gasteiger partial charge in [0.2, 0.25) is 5.78 Å². The average molecular weight is 561 g/mol. The van der Waals surface area contributed by atoms with Crippen LogP contribution >= 0.6 is 15.9 Å². The number of fused-ring (bicyclic) bond motifs is 2. The molecule has 36 heavy (non-hydrogen) atoms. The lowest BCUT2D eigenvalue weighted by molar-refractivity contribution is -0.0130. The van der Waals surface area contributed by atoms with Gasteiger partial charge in [0.1, 0.15) is 22.8 Å². The molecule has 0 saturated carbocycles. The van der Waals surface area contributed by atoms with E-state index in [-0.39, 0.29) is 40.9 Å². The molecule has 2 aliphatic rings. The van der Waals surface area contributed by atoms with Crippen molar-refractivity contribution in [1.82, 2.24) is 0 Å². The summed E-state index contributed by atoms with van der Waals surface area (Å²) in [5, 5.41) is 50.6. The van der Waals surface area contributed by atoms with Crippen LogP contribution < -0.4 is 18.9 Å². The normalized spacial score (nSPS) is 22.5. The van der Waals surface area contributed by atoms with E-state index in [1.165, 1.54) is 19.2 Å². The first-order valence-electron chi connectivity index (χ1n) is 10.8. The molecule has 2 unspecified atom stereocenters. The number of rotatable bonds is 4. The van der Waals surface area contributed by atoms with E-state index in [0.29, 0.717) is 21.3 Å². The van der Waals surface area contributed by atoms with E-state index in [1.807, 2.05) is 0 Å². The van der Waals surface area contributed by atoms with Crippen LogP contribution in [0.5, 0.6) is 40.2 Å². The van der Waals surface area contributed by atoms with Crippen molar-refractivity contribution in [2.45, 2.75) is 24.4 Å². The van der Waals surface area contributed by atoms with Crippen LogP contribution in [0.4, 0.5) is 0 Å². The molecule has 5 N–H and O–H groups in total. The molecular formula is C25H21BrO10. The summed E-state index contributed by atoms with van der Waals surface area (Å²) in [6.45, 7) is -0.366. The summed E-state index contributed by atoms with van der Waals surface area (Å²) < 4.78 is 23.5. The molecule has 4 atom stereocenters. The third-order valence-electron chi connectivity index (χ3n) is 6.07. The van der Waals surface area contributed by atoms with Crippen molar-refractivity contribution in [1.29, 1.82) is 0 Å². The quantitative estimate of drug-likeness (QED) is 0.321. The first kappa shape index (κ1) is 24.0. The van der Waals surface area contributed by atoms with Crippen LogP contribution in [0.25, 0.3) is 0 Å². The van der Waals surface area contributed by atoms with Crippen LogP contribution in [-0.4, -0.2) is 57.2 Å². The highest BCUT2D eigenvalue weighted by Gasteiger charge is 2.40. The Kier molecular flexibility index (Phi) is 6.07. The van der Waals surface area contributed by atoms with E-state index in [1.54, 1.807) is 24.3 Å². The fraction of sp³-hybridized carbons (Fsp3) is 0.240. The summed E-state index contributed by atoms with van der Waals surface area (Å²) in [5.41, 5.74) is 0.708. The lowest BCUT2D eigenvalue weighted by atomic mass is 9.92. The van der Waals surface area contributed by atoms with Gasteiger partial charge in [-0.3, -0.25) is 4.79 Å². The molecule has 10 nitrogen and oxygen atoms in total. The molecule has 0 aromatic heterocycles. The molecule has 2 heterocycles. The Labute approximate surface area is 213 Å². The molecule has 0 bridgehead atoms. The lowest BCUT2D eigenvalue weighted by Crippen LogP contribution is -2.37. The number of Topliss-reactive ketones (excluding diaryl/α,β-unsaturated/α-hetero) is 1.